The Hall–Kier alpha value is -2.10. The van der Waals surface area contributed by atoms with E-state index in [9.17, 15) is 4.79 Å². The van der Waals surface area contributed by atoms with E-state index in [0.29, 0.717) is 5.69 Å². The normalized spacial score (nSPS) is 17.9. The fourth-order valence-corrected chi connectivity index (χ4v) is 2.70. The van der Waals surface area contributed by atoms with Crippen LogP contribution >= 0.6 is 0 Å². The molecule has 0 saturated heterocycles. The third-order valence-corrected chi connectivity index (χ3v) is 3.87. The van der Waals surface area contributed by atoms with Crippen LogP contribution in [0.2, 0.25) is 0 Å². The molecule has 2 heterocycles. The van der Waals surface area contributed by atoms with Gasteiger partial charge >= 0.3 is 0 Å². The second-order valence-electron chi connectivity index (χ2n) is 5.22. The third kappa shape index (κ3) is 2.11. The highest BCUT2D eigenvalue weighted by Crippen LogP contribution is 2.31. The average molecular weight is 270 g/mol. The van der Waals surface area contributed by atoms with Gasteiger partial charge in [0.2, 0.25) is 0 Å². The number of fused-ring (bicyclic) bond motifs is 1. The zero-order valence-corrected chi connectivity index (χ0v) is 11.8. The lowest BCUT2D eigenvalue weighted by Gasteiger charge is -2.34. The number of para-hydroxylation sites is 1. The van der Waals surface area contributed by atoms with E-state index >= 15 is 0 Å². The quantitative estimate of drug-likeness (QED) is 0.841. The van der Waals surface area contributed by atoms with E-state index in [1.807, 2.05) is 30.0 Å². The van der Waals surface area contributed by atoms with Gasteiger partial charge in [-0.1, -0.05) is 30.3 Å². The first-order valence-corrected chi connectivity index (χ1v) is 7.07. The van der Waals surface area contributed by atoms with Crippen molar-refractivity contribution in [2.24, 2.45) is 0 Å². The molecule has 104 valence electrons. The highest BCUT2D eigenvalue weighted by atomic mass is 16.5. The highest BCUT2D eigenvalue weighted by molar-refractivity contribution is 6.05. The van der Waals surface area contributed by atoms with Gasteiger partial charge < -0.3 is 9.42 Å². The Balaban J connectivity index is 1.98. The standard InChI is InChI=1S/C16H18N2O2/c1-3-13-10-14(17-20-13)16(19)18-11(2)8-9-12-6-4-5-7-15(12)18/h4-7,10-11H,3,8-9H2,1-2H3. The number of rotatable bonds is 2. The molecule has 4 heteroatoms. The molecule has 1 aliphatic rings. The van der Waals surface area contributed by atoms with Gasteiger partial charge in [-0.3, -0.25) is 4.79 Å². The molecule has 1 atom stereocenters. The lowest BCUT2D eigenvalue weighted by molar-refractivity contribution is 0.0966. The maximum absolute atomic E-state index is 12.7. The number of benzene rings is 1. The van der Waals surface area contributed by atoms with Crippen molar-refractivity contribution in [3.63, 3.8) is 0 Å². The van der Waals surface area contributed by atoms with Crippen molar-refractivity contribution in [2.75, 3.05) is 4.90 Å². The van der Waals surface area contributed by atoms with E-state index in [-0.39, 0.29) is 11.9 Å². The Morgan fingerprint density at radius 2 is 2.25 bits per heavy atom. The summed E-state index contributed by atoms with van der Waals surface area (Å²) in [6, 6.07) is 10.00. The van der Waals surface area contributed by atoms with Crippen LogP contribution in [0.4, 0.5) is 5.69 Å². The van der Waals surface area contributed by atoms with Crippen molar-refractivity contribution < 1.29 is 9.32 Å². The first-order chi connectivity index (χ1) is 9.70. The minimum absolute atomic E-state index is 0.0758. The maximum Gasteiger partial charge on any atom is 0.280 e. The number of anilines is 1. The van der Waals surface area contributed by atoms with Crippen molar-refractivity contribution in [3.05, 3.63) is 47.3 Å². The number of hydrogen-bond acceptors (Lipinski definition) is 3. The Bertz CT molecular complexity index is 633. The van der Waals surface area contributed by atoms with Gasteiger partial charge in [0.15, 0.2) is 5.69 Å². The van der Waals surface area contributed by atoms with Crippen LogP contribution in [0.1, 0.15) is 42.1 Å². The van der Waals surface area contributed by atoms with E-state index in [4.69, 9.17) is 4.52 Å². The molecule has 0 bridgehead atoms. The van der Waals surface area contributed by atoms with Gasteiger partial charge in [-0.2, -0.15) is 0 Å². The van der Waals surface area contributed by atoms with E-state index in [0.717, 1.165) is 30.7 Å². The summed E-state index contributed by atoms with van der Waals surface area (Å²) in [4.78, 5) is 14.5. The summed E-state index contributed by atoms with van der Waals surface area (Å²) in [5.74, 6) is 0.666. The summed E-state index contributed by atoms with van der Waals surface area (Å²) in [5.41, 5.74) is 2.61. The molecule has 1 amide bonds. The molecule has 2 aromatic rings. The number of amides is 1. The molecule has 4 nitrogen and oxygen atoms in total. The second-order valence-corrected chi connectivity index (χ2v) is 5.22. The molecule has 1 aromatic carbocycles. The topological polar surface area (TPSA) is 46.3 Å². The number of carbonyl (C=O) groups is 1. The van der Waals surface area contributed by atoms with Crippen LogP contribution in [0.5, 0.6) is 0 Å². The Morgan fingerprint density at radius 1 is 1.45 bits per heavy atom. The van der Waals surface area contributed by atoms with Crippen LogP contribution in [0.15, 0.2) is 34.9 Å². The minimum atomic E-state index is -0.0758. The van der Waals surface area contributed by atoms with Crippen LogP contribution in [0.25, 0.3) is 0 Å². The Labute approximate surface area is 118 Å². The van der Waals surface area contributed by atoms with Crippen LogP contribution in [0, 0.1) is 0 Å². The maximum atomic E-state index is 12.7. The van der Waals surface area contributed by atoms with E-state index in [1.165, 1.54) is 5.56 Å². The van der Waals surface area contributed by atoms with Gasteiger partial charge in [0, 0.05) is 24.2 Å². The summed E-state index contributed by atoms with van der Waals surface area (Å²) in [6.07, 6.45) is 2.73. The fraction of sp³-hybridized carbons (Fsp3) is 0.375. The first kappa shape index (κ1) is 12.9. The van der Waals surface area contributed by atoms with E-state index < -0.39 is 0 Å². The van der Waals surface area contributed by atoms with Gasteiger partial charge in [-0.25, -0.2) is 0 Å². The summed E-state index contributed by atoms with van der Waals surface area (Å²) in [6.45, 7) is 4.06. The van der Waals surface area contributed by atoms with Gasteiger partial charge in [-0.05, 0) is 31.4 Å². The Morgan fingerprint density at radius 3 is 3.00 bits per heavy atom. The van der Waals surface area contributed by atoms with Gasteiger partial charge in [-0.15, -0.1) is 0 Å². The van der Waals surface area contributed by atoms with Crippen molar-refractivity contribution in [2.45, 2.75) is 39.2 Å². The third-order valence-electron chi connectivity index (χ3n) is 3.87. The number of aryl methyl sites for hydroxylation is 2. The molecule has 0 aliphatic carbocycles. The predicted octanol–water partition coefficient (Wildman–Crippen LogP) is 3.22. The summed E-state index contributed by atoms with van der Waals surface area (Å²) in [5, 5.41) is 3.90. The molecular weight excluding hydrogens is 252 g/mol. The minimum Gasteiger partial charge on any atom is -0.361 e. The van der Waals surface area contributed by atoms with Crippen LogP contribution in [-0.2, 0) is 12.8 Å². The summed E-state index contributed by atoms with van der Waals surface area (Å²) >= 11 is 0. The molecule has 0 fully saturated rings. The predicted molar refractivity (Wildman–Crippen MR) is 76.9 cm³/mol. The van der Waals surface area contributed by atoms with Gasteiger partial charge in [0.25, 0.3) is 5.91 Å². The molecule has 1 aliphatic heterocycles. The lowest BCUT2D eigenvalue weighted by Crippen LogP contribution is -2.42. The zero-order valence-electron chi connectivity index (χ0n) is 11.8. The molecule has 1 aromatic heterocycles. The molecule has 1 unspecified atom stereocenters. The second kappa shape index (κ2) is 5.12. The number of nitrogens with zero attached hydrogens (tertiary/aromatic N) is 2. The van der Waals surface area contributed by atoms with Crippen LogP contribution in [-0.4, -0.2) is 17.1 Å². The fourth-order valence-electron chi connectivity index (χ4n) is 2.70. The zero-order chi connectivity index (χ0) is 14.1. The van der Waals surface area contributed by atoms with E-state index in [1.54, 1.807) is 6.07 Å². The molecule has 3 rings (SSSR count). The van der Waals surface area contributed by atoms with Crippen molar-refractivity contribution in [1.82, 2.24) is 5.16 Å². The SMILES string of the molecule is CCc1cc(C(=O)N2c3ccccc3CCC2C)no1. The largest absolute Gasteiger partial charge is 0.361 e. The first-order valence-electron chi connectivity index (χ1n) is 7.07. The molecule has 0 spiro atoms. The van der Waals surface area contributed by atoms with Crippen LogP contribution < -0.4 is 4.90 Å². The summed E-state index contributed by atoms with van der Waals surface area (Å²) in [7, 11) is 0. The summed E-state index contributed by atoms with van der Waals surface area (Å²) < 4.78 is 5.15. The molecule has 0 N–H and O–H groups in total. The van der Waals surface area contributed by atoms with Crippen molar-refractivity contribution in [1.29, 1.82) is 0 Å². The highest BCUT2D eigenvalue weighted by Gasteiger charge is 2.30. The molecule has 20 heavy (non-hydrogen) atoms. The van der Waals surface area contributed by atoms with Crippen molar-refractivity contribution >= 4 is 11.6 Å². The number of hydrogen-bond donors (Lipinski definition) is 0. The van der Waals surface area contributed by atoms with Crippen LogP contribution in [0.3, 0.4) is 0 Å². The lowest BCUT2D eigenvalue weighted by atomic mass is 9.96. The number of aromatic nitrogens is 1. The molecule has 0 saturated carbocycles. The Kier molecular flexibility index (Phi) is 3.30. The molecular formula is C16H18N2O2. The molecule has 0 radical (unpaired) electrons. The van der Waals surface area contributed by atoms with Gasteiger partial charge in [0.05, 0.1) is 0 Å². The van der Waals surface area contributed by atoms with E-state index in [2.05, 4.69) is 18.1 Å². The smallest absolute Gasteiger partial charge is 0.280 e. The number of carbonyl (C=O) groups excluding carboxylic acids is 1. The van der Waals surface area contributed by atoms with Crippen molar-refractivity contribution in [3.8, 4) is 0 Å². The average Bonchev–Trinajstić information content (AvgIpc) is 2.95. The van der Waals surface area contributed by atoms with Gasteiger partial charge in [0.1, 0.15) is 5.76 Å². The monoisotopic (exact) mass is 270 g/mol.